The van der Waals surface area contributed by atoms with Crippen LogP contribution in [0.15, 0.2) is 18.2 Å². The lowest BCUT2D eigenvalue weighted by atomic mass is 9.78. The van der Waals surface area contributed by atoms with Crippen molar-refractivity contribution in [1.29, 1.82) is 0 Å². The van der Waals surface area contributed by atoms with E-state index >= 15 is 0 Å². The van der Waals surface area contributed by atoms with E-state index in [1.54, 1.807) is 6.07 Å². The summed E-state index contributed by atoms with van der Waals surface area (Å²) in [6.07, 6.45) is 5.85. The average Bonchev–Trinajstić information content (AvgIpc) is 2.87. The van der Waals surface area contributed by atoms with Crippen LogP contribution in [0.2, 0.25) is 0 Å². The molecule has 0 unspecified atom stereocenters. The highest BCUT2D eigenvalue weighted by Crippen LogP contribution is 2.38. The largest absolute Gasteiger partial charge is 0.495 e. The maximum Gasteiger partial charge on any atom is 0.495 e. The fraction of sp³-hybridized carbons (Fsp3) is 0.727. The van der Waals surface area contributed by atoms with Crippen LogP contribution in [-0.4, -0.2) is 35.8 Å². The van der Waals surface area contributed by atoms with Crippen LogP contribution in [0.3, 0.4) is 0 Å². The van der Waals surface area contributed by atoms with Crippen molar-refractivity contribution in [2.24, 2.45) is 5.92 Å². The second-order valence-corrected chi connectivity index (χ2v) is 9.93. The van der Waals surface area contributed by atoms with E-state index in [4.69, 9.17) is 9.31 Å². The van der Waals surface area contributed by atoms with Gasteiger partial charge < -0.3 is 14.2 Å². The third-order valence-corrected chi connectivity index (χ3v) is 6.61. The average molecular weight is 402 g/mol. The lowest BCUT2D eigenvalue weighted by Crippen LogP contribution is -2.41. The molecule has 3 rings (SSSR count). The van der Waals surface area contributed by atoms with Crippen LogP contribution in [0, 0.1) is 16.0 Å². The first-order valence-corrected chi connectivity index (χ1v) is 10.9. The fourth-order valence-corrected chi connectivity index (χ4v) is 4.29. The van der Waals surface area contributed by atoms with E-state index in [-0.39, 0.29) is 10.6 Å². The Labute approximate surface area is 175 Å². The van der Waals surface area contributed by atoms with Gasteiger partial charge >= 0.3 is 7.12 Å². The lowest BCUT2D eigenvalue weighted by molar-refractivity contribution is -0.384. The quantitative estimate of drug-likeness (QED) is 0.392. The summed E-state index contributed by atoms with van der Waals surface area (Å²) in [6, 6.07) is 5.84. The van der Waals surface area contributed by atoms with Crippen LogP contribution in [0.4, 0.5) is 11.4 Å². The molecule has 0 amide bonds. The summed E-state index contributed by atoms with van der Waals surface area (Å²) >= 11 is 0. The summed E-state index contributed by atoms with van der Waals surface area (Å²) in [7, 11) is -0.596. The molecular weight excluding hydrogens is 367 g/mol. The maximum atomic E-state index is 12.0. The molecule has 2 aliphatic rings. The molecule has 6 nitrogen and oxygen atoms in total. The zero-order chi connectivity index (χ0) is 21.4. The summed E-state index contributed by atoms with van der Waals surface area (Å²) in [5, 5.41) is 12.0. The van der Waals surface area contributed by atoms with Crippen LogP contribution in [0.25, 0.3) is 0 Å². The predicted octanol–water partition coefficient (Wildman–Crippen LogP) is 4.69. The van der Waals surface area contributed by atoms with Gasteiger partial charge in [0.25, 0.3) is 5.69 Å². The van der Waals surface area contributed by atoms with Gasteiger partial charge in [0.15, 0.2) is 0 Å². The van der Waals surface area contributed by atoms with Crippen molar-refractivity contribution < 1.29 is 14.2 Å². The fourth-order valence-electron chi connectivity index (χ4n) is 4.29. The van der Waals surface area contributed by atoms with Crippen LogP contribution < -0.4 is 10.4 Å². The minimum Gasteiger partial charge on any atom is -0.399 e. The van der Waals surface area contributed by atoms with Crippen molar-refractivity contribution in [1.82, 2.24) is 0 Å². The van der Waals surface area contributed by atoms with Crippen LogP contribution in [-0.2, 0) is 9.31 Å². The third-order valence-electron chi connectivity index (χ3n) is 6.61. The molecule has 7 heteroatoms. The van der Waals surface area contributed by atoms with Gasteiger partial charge in [-0.15, -0.1) is 0 Å². The van der Waals surface area contributed by atoms with E-state index in [0.717, 1.165) is 25.1 Å². The van der Waals surface area contributed by atoms with Gasteiger partial charge in [0.1, 0.15) is 5.69 Å². The molecule has 160 valence electrons. The smallest absolute Gasteiger partial charge is 0.399 e. The number of hydrogen-bond donors (Lipinski definition) is 0. The molecule has 1 aromatic rings. The molecule has 0 N–H and O–H groups in total. The van der Waals surface area contributed by atoms with E-state index in [1.807, 2.05) is 39.8 Å². The summed E-state index contributed by atoms with van der Waals surface area (Å²) < 4.78 is 12.2. The maximum absolute atomic E-state index is 12.0. The Hall–Kier alpha value is -1.60. The van der Waals surface area contributed by atoms with E-state index in [2.05, 4.69) is 18.7 Å². The summed E-state index contributed by atoms with van der Waals surface area (Å²) in [5.74, 6) is 0.430. The van der Waals surface area contributed by atoms with Crippen molar-refractivity contribution in [3.05, 3.63) is 28.3 Å². The number of nitro benzene ring substituents is 1. The molecule has 1 aliphatic carbocycles. The number of anilines is 1. The Balaban J connectivity index is 1.96. The Bertz CT molecular complexity index is 728. The molecule has 29 heavy (non-hydrogen) atoms. The van der Waals surface area contributed by atoms with Gasteiger partial charge in [0.05, 0.1) is 16.1 Å². The standard InChI is InChI=1S/C22H35BN2O4/c1-16(2)15-24(18-10-8-7-9-11-18)19-13-12-17(14-20(19)25(26)27)23-28-21(3,4)22(5,6)29-23/h12-14,16,18H,7-11,15H2,1-6H3. The molecule has 1 aromatic carbocycles. The normalized spacial score (nSPS) is 21.6. The molecule has 1 aliphatic heterocycles. The van der Waals surface area contributed by atoms with Crippen molar-refractivity contribution >= 4 is 24.0 Å². The Kier molecular flexibility index (Phi) is 6.30. The van der Waals surface area contributed by atoms with E-state index in [0.29, 0.717) is 17.4 Å². The first kappa shape index (κ1) is 22.1. The molecule has 1 saturated heterocycles. The van der Waals surface area contributed by atoms with E-state index < -0.39 is 18.3 Å². The second kappa shape index (κ2) is 8.27. The van der Waals surface area contributed by atoms with Gasteiger partial charge in [-0.2, -0.15) is 0 Å². The molecule has 0 atom stereocenters. The van der Waals surface area contributed by atoms with Gasteiger partial charge in [-0.3, -0.25) is 10.1 Å². The summed E-state index contributed by atoms with van der Waals surface area (Å²) in [5.41, 5.74) is 0.611. The minimum absolute atomic E-state index is 0.142. The summed E-state index contributed by atoms with van der Waals surface area (Å²) in [4.78, 5) is 14.0. The second-order valence-electron chi connectivity index (χ2n) is 9.93. The lowest BCUT2D eigenvalue weighted by Gasteiger charge is -2.37. The molecule has 1 heterocycles. The van der Waals surface area contributed by atoms with Crippen molar-refractivity contribution in [3.63, 3.8) is 0 Å². The highest BCUT2D eigenvalue weighted by Gasteiger charge is 2.52. The highest BCUT2D eigenvalue weighted by atomic mass is 16.7. The number of hydrogen-bond acceptors (Lipinski definition) is 5. The molecule has 2 fully saturated rings. The van der Waals surface area contributed by atoms with Gasteiger partial charge in [0.2, 0.25) is 0 Å². The van der Waals surface area contributed by atoms with E-state index in [9.17, 15) is 10.1 Å². The van der Waals surface area contributed by atoms with Crippen LogP contribution in [0.5, 0.6) is 0 Å². The number of rotatable bonds is 6. The molecule has 0 bridgehead atoms. The van der Waals surface area contributed by atoms with Gasteiger partial charge in [-0.1, -0.05) is 39.2 Å². The Morgan fingerprint density at radius 1 is 1.14 bits per heavy atom. The van der Waals surface area contributed by atoms with E-state index in [1.165, 1.54) is 19.3 Å². The zero-order valence-electron chi connectivity index (χ0n) is 18.7. The Morgan fingerprint density at radius 2 is 1.72 bits per heavy atom. The number of nitro groups is 1. The number of nitrogens with zero attached hydrogens (tertiary/aromatic N) is 2. The van der Waals surface area contributed by atoms with Crippen molar-refractivity contribution in [3.8, 4) is 0 Å². The van der Waals surface area contributed by atoms with Crippen LogP contribution >= 0.6 is 0 Å². The van der Waals surface area contributed by atoms with Crippen LogP contribution in [0.1, 0.15) is 73.6 Å². The van der Waals surface area contributed by atoms with Gasteiger partial charge in [-0.05, 0) is 58.0 Å². The summed E-state index contributed by atoms with van der Waals surface area (Å²) in [6.45, 7) is 13.1. The minimum atomic E-state index is -0.596. The molecule has 0 aromatic heterocycles. The predicted molar refractivity (Wildman–Crippen MR) is 118 cm³/mol. The zero-order valence-corrected chi connectivity index (χ0v) is 18.7. The monoisotopic (exact) mass is 402 g/mol. The molecule has 0 radical (unpaired) electrons. The SMILES string of the molecule is CC(C)CN(c1ccc(B2OC(C)(C)C(C)(C)O2)cc1[N+](=O)[O-])C1CCCCC1. The van der Waals surface area contributed by atoms with Crippen molar-refractivity contribution in [2.75, 3.05) is 11.4 Å². The van der Waals surface area contributed by atoms with Gasteiger partial charge in [0, 0.05) is 18.7 Å². The molecular formula is C22H35BN2O4. The molecule has 0 spiro atoms. The topological polar surface area (TPSA) is 64.8 Å². The first-order chi connectivity index (χ1) is 13.5. The van der Waals surface area contributed by atoms with Gasteiger partial charge in [-0.25, -0.2) is 0 Å². The molecule has 1 saturated carbocycles. The van der Waals surface area contributed by atoms with Crippen molar-refractivity contribution in [2.45, 2.75) is 90.9 Å². The Morgan fingerprint density at radius 3 is 2.24 bits per heavy atom. The first-order valence-electron chi connectivity index (χ1n) is 10.9. The third kappa shape index (κ3) is 4.61. The highest BCUT2D eigenvalue weighted by molar-refractivity contribution is 6.62. The number of benzene rings is 1.